The first-order chi connectivity index (χ1) is 8.74. The molecule has 0 unspecified atom stereocenters. The molecular formula is C15H14Cl2O. The van der Waals surface area contributed by atoms with Crippen molar-refractivity contribution in [2.75, 3.05) is 0 Å². The third-order valence-electron chi connectivity index (χ3n) is 2.74. The topological polar surface area (TPSA) is 9.23 Å². The van der Waals surface area contributed by atoms with E-state index in [1.807, 2.05) is 36.4 Å². The third kappa shape index (κ3) is 2.98. The Morgan fingerprint density at radius 1 is 1.06 bits per heavy atom. The summed E-state index contributed by atoms with van der Waals surface area (Å²) in [7, 11) is 0. The van der Waals surface area contributed by atoms with Crippen LogP contribution < -0.4 is 4.74 Å². The fraction of sp³-hybridized carbons (Fsp3) is 0.200. The maximum Gasteiger partial charge on any atom is 0.150 e. The summed E-state index contributed by atoms with van der Waals surface area (Å²) in [4.78, 5) is 0. The van der Waals surface area contributed by atoms with Gasteiger partial charge in [-0.3, -0.25) is 0 Å². The van der Waals surface area contributed by atoms with Crippen molar-refractivity contribution in [3.8, 4) is 11.5 Å². The van der Waals surface area contributed by atoms with E-state index in [0.29, 0.717) is 16.7 Å². The maximum atomic E-state index is 6.13. The van der Waals surface area contributed by atoms with Crippen molar-refractivity contribution in [2.45, 2.75) is 19.2 Å². The van der Waals surface area contributed by atoms with Crippen LogP contribution in [0.25, 0.3) is 0 Å². The van der Waals surface area contributed by atoms with E-state index in [1.165, 1.54) is 5.56 Å². The number of alkyl halides is 1. The first-order valence-electron chi connectivity index (χ1n) is 5.84. The maximum absolute atomic E-state index is 6.13. The van der Waals surface area contributed by atoms with Crippen LogP contribution in [0.1, 0.15) is 18.1 Å². The Balaban J connectivity index is 2.27. The van der Waals surface area contributed by atoms with Crippen LogP contribution >= 0.6 is 23.2 Å². The van der Waals surface area contributed by atoms with E-state index in [0.717, 1.165) is 17.7 Å². The standard InChI is InChI=1S/C15H14Cl2O/c1-2-11-6-8-13(9-7-11)18-15-12(10-16)4-3-5-14(15)17/h3-9H,2,10H2,1H3. The lowest BCUT2D eigenvalue weighted by Crippen LogP contribution is -1.91. The van der Waals surface area contributed by atoms with Crippen molar-refractivity contribution in [3.05, 3.63) is 58.6 Å². The molecule has 0 heterocycles. The van der Waals surface area contributed by atoms with Crippen molar-refractivity contribution in [1.29, 1.82) is 0 Å². The number of aryl methyl sites for hydroxylation is 1. The van der Waals surface area contributed by atoms with E-state index in [9.17, 15) is 0 Å². The zero-order valence-electron chi connectivity index (χ0n) is 10.1. The summed E-state index contributed by atoms with van der Waals surface area (Å²) in [6, 6.07) is 13.6. The minimum absolute atomic E-state index is 0.378. The van der Waals surface area contributed by atoms with E-state index < -0.39 is 0 Å². The van der Waals surface area contributed by atoms with Crippen LogP contribution in [0.5, 0.6) is 11.5 Å². The first-order valence-corrected chi connectivity index (χ1v) is 6.76. The van der Waals surface area contributed by atoms with Gasteiger partial charge in [-0.05, 0) is 30.2 Å². The summed E-state index contributed by atoms with van der Waals surface area (Å²) in [5, 5.41) is 0.577. The predicted molar refractivity (Wildman–Crippen MR) is 76.9 cm³/mol. The SMILES string of the molecule is CCc1ccc(Oc2c(Cl)cccc2CCl)cc1. The van der Waals surface area contributed by atoms with Crippen LogP contribution in [-0.4, -0.2) is 0 Å². The van der Waals surface area contributed by atoms with Crippen molar-refractivity contribution in [1.82, 2.24) is 0 Å². The molecule has 0 fully saturated rings. The molecule has 0 saturated carbocycles. The molecule has 0 atom stereocenters. The number of halogens is 2. The Morgan fingerprint density at radius 2 is 1.78 bits per heavy atom. The summed E-state index contributed by atoms with van der Waals surface area (Å²) in [6.45, 7) is 2.12. The highest BCUT2D eigenvalue weighted by molar-refractivity contribution is 6.32. The molecule has 18 heavy (non-hydrogen) atoms. The summed E-state index contributed by atoms with van der Waals surface area (Å²) < 4.78 is 5.81. The molecule has 94 valence electrons. The Kier molecular flexibility index (Phi) is 4.51. The van der Waals surface area contributed by atoms with Gasteiger partial charge in [-0.25, -0.2) is 0 Å². The van der Waals surface area contributed by atoms with Gasteiger partial charge in [0.15, 0.2) is 0 Å². The second-order valence-electron chi connectivity index (χ2n) is 3.96. The van der Waals surface area contributed by atoms with Gasteiger partial charge < -0.3 is 4.74 Å². The molecule has 0 saturated heterocycles. The Morgan fingerprint density at radius 3 is 2.39 bits per heavy atom. The number of ether oxygens (including phenoxy) is 1. The quantitative estimate of drug-likeness (QED) is 0.678. The highest BCUT2D eigenvalue weighted by Gasteiger charge is 2.08. The van der Waals surface area contributed by atoms with Crippen LogP contribution in [0.3, 0.4) is 0 Å². The van der Waals surface area contributed by atoms with Crippen molar-refractivity contribution < 1.29 is 4.74 Å². The molecule has 2 aromatic rings. The first kappa shape index (κ1) is 13.3. The van der Waals surface area contributed by atoms with Crippen molar-refractivity contribution in [2.24, 2.45) is 0 Å². The number of hydrogen-bond acceptors (Lipinski definition) is 1. The number of rotatable bonds is 4. The van der Waals surface area contributed by atoms with Gasteiger partial charge in [0, 0.05) is 5.56 Å². The zero-order valence-corrected chi connectivity index (χ0v) is 11.6. The zero-order chi connectivity index (χ0) is 13.0. The molecule has 3 heteroatoms. The Hall–Kier alpha value is -1.18. The highest BCUT2D eigenvalue weighted by atomic mass is 35.5. The lowest BCUT2D eigenvalue weighted by molar-refractivity contribution is 0.478. The van der Waals surface area contributed by atoms with Crippen molar-refractivity contribution >= 4 is 23.2 Å². The van der Waals surface area contributed by atoms with Gasteiger partial charge in [-0.15, -0.1) is 11.6 Å². The Bertz CT molecular complexity index is 521. The molecule has 1 nitrogen and oxygen atoms in total. The minimum atomic E-state index is 0.378. The second kappa shape index (κ2) is 6.12. The van der Waals surface area contributed by atoms with Crippen LogP contribution in [0.4, 0.5) is 0 Å². The van der Waals surface area contributed by atoms with Crippen molar-refractivity contribution in [3.63, 3.8) is 0 Å². The molecule has 0 spiro atoms. The number of benzene rings is 2. The van der Waals surface area contributed by atoms with Gasteiger partial charge in [0.05, 0.1) is 10.9 Å². The lowest BCUT2D eigenvalue weighted by Gasteiger charge is -2.11. The van der Waals surface area contributed by atoms with Gasteiger partial charge in [-0.2, -0.15) is 0 Å². The second-order valence-corrected chi connectivity index (χ2v) is 4.64. The van der Waals surface area contributed by atoms with Gasteiger partial charge in [0.2, 0.25) is 0 Å². The van der Waals surface area contributed by atoms with E-state index in [-0.39, 0.29) is 0 Å². The summed E-state index contributed by atoms with van der Waals surface area (Å²) in [5.74, 6) is 1.79. The predicted octanol–water partition coefficient (Wildman–Crippen LogP) is 5.43. The highest BCUT2D eigenvalue weighted by Crippen LogP contribution is 2.33. The molecule has 0 N–H and O–H groups in total. The van der Waals surface area contributed by atoms with E-state index in [4.69, 9.17) is 27.9 Å². The van der Waals surface area contributed by atoms with Crippen LogP contribution in [0, 0.1) is 0 Å². The molecule has 0 aliphatic carbocycles. The average molecular weight is 281 g/mol. The fourth-order valence-corrected chi connectivity index (χ4v) is 2.13. The summed E-state index contributed by atoms with van der Waals surface area (Å²) in [5.41, 5.74) is 2.17. The third-order valence-corrected chi connectivity index (χ3v) is 3.33. The molecule has 0 amide bonds. The normalized spacial score (nSPS) is 10.4. The molecule has 0 aliphatic heterocycles. The molecule has 2 rings (SSSR count). The van der Waals surface area contributed by atoms with Gasteiger partial charge >= 0.3 is 0 Å². The van der Waals surface area contributed by atoms with Gasteiger partial charge in [-0.1, -0.05) is 42.8 Å². The van der Waals surface area contributed by atoms with Crippen LogP contribution in [0.15, 0.2) is 42.5 Å². The van der Waals surface area contributed by atoms with Gasteiger partial charge in [0.1, 0.15) is 11.5 Å². The molecule has 0 bridgehead atoms. The summed E-state index contributed by atoms with van der Waals surface area (Å²) in [6.07, 6.45) is 1.01. The molecule has 0 aliphatic rings. The smallest absolute Gasteiger partial charge is 0.150 e. The minimum Gasteiger partial charge on any atom is -0.455 e. The fourth-order valence-electron chi connectivity index (χ4n) is 1.68. The monoisotopic (exact) mass is 280 g/mol. The molecule has 0 radical (unpaired) electrons. The van der Waals surface area contributed by atoms with Crippen LogP contribution in [0.2, 0.25) is 5.02 Å². The average Bonchev–Trinajstić information content (AvgIpc) is 2.42. The number of hydrogen-bond donors (Lipinski definition) is 0. The summed E-state index contributed by atoms with van der Waals surface area (Å²) >= 11 is 12.0. The van der Waals surface area contributed by atoms with Crippen LogP contribution in [-0.2, 0) is 12.3 Å². The molecule has 2 aromatic carbocycles. The molecule has 0 aromatic heterocycles. The Labute approximate surface area is 117 Å². The van der Waals surface area contributed by atoms with E-state index >= 15 is 0 Å². The van der Waals surface area contributed by atoms with Gasteiger partial charge in [0.25, 0.3) is 0 Å². The number of para-hydroxylation sites is 1. The largest absolute Gasteiger partial charge is 0.455 e. The molecular weight excluding hydrogens is 267 g/mol. The van der Waals surface area contributed by atoms with E-state index in [1.54, 1.807) is 6.07 Å². The van der Waals surface area contributed by atoms with E-state index in [2.05, 4.69) is 6.92 Å². The lowest BCUT2D eigenvalue weighted by atomic mass is 10.2.